The van der Waals surface area contributed by atoms with Gasteiger partial charge in [-0.2, -0.15) is 13.2 Å². The van der Waals surface area contributed by atoms with E-state index in [-0.39, 0.29) is 0 Å². The molecule has 1 aromatic carbocycles. The van der Waals surface area contributed by atoms with Crippen molar-refractivity contribution in [2.75, 3.05) is 5.75 Å². The van der Waals surface area contributed by atoms with Crippen LogP contribution >= 0.6 is 0 Å². The Bertz CT molecular complexity index is 375. The second kappa shape index (κ2) is 4.97. The second-order valence-corrected chi connectivity index (χ2v) is 4.97. The number of benzene rings is 1. The highest BCUT2D eigenvalue weighted by Gasteiger charge is 2.37. The lowest BCUT2D eigenvalue weighted by atomic mass is 10.2. The van der Waals surface area contributed by atoms with E-state index in [0.29, 0.717) is 4.90 Å². The molecule has 2 nitrogen and oxygen atoms in total. The molecule has 0 heterocycles. The van der Waals surface area contributed by atoms with E-state index in [4.69, 9.17) is 5.73 Å². The number of hydrogen-bond donors (Lipinski definition) is 1. The first-order valence-corrected chi connectivity index (χ1v) is 5.90. The van der Waals surface area contributed by atoms with Crippen LogP contribution in [0.2, 0.25) is 0 Å². The highest BCUT2D eigenvalue weighted by molar-refractivity contribution is 7.85. The molecule has 2 N–H and O–H groups in total. The molecule has 0 amide bonds. The van der Waals surface area contributed by atoms with Gasteiger partial charge < -0.3 is 5.73 Å². The van der Waals surface area contributed by atoms with E-state index in [9.17, 15) is 17.4 Å². The molecule has 6 heteroatoms. The van der Waals surface area contributed by atoms with Crippen LogP contribution in [0.3, 0.4) is 0 Å². The van der Waals surface area contributed by atoms with Crippen LogP contribution in [0, 0.1) is 6.92 Å². The lowest BCUT2D eigenvalue weighted by Crippen LogP contribution is -2.41. The van der Waals surface area contributed by atoms with Crippen molar-refractivity contribution in [3.8, 4) is 0 Å². The largest absolute Gasteiger partial charge is 0.404 e. The molecule has 0 aliphatic carbocycles. The van der Waals surface area contributed by atoms with Crippen LogP contribution in [0.5, 0.6) is 0 Å². The third kappa shape index (κ3) is 3.61. The van der Waals surface area contributed by atoms with Crippen molar-refractivity contribution in [3.63, 3.8) is 0 Å². The van der Waals surface area contributed by atoms with Gasteiger partial charge in [0.1, 0.15) is 6.04 Å². The molecule has 1 aromatic rings. The van der Waals surface area contributed by atoms with Crippen molar-refractivity contribution < 1.29 is 17.4 Å². The third-order valence-corrected chi connectivity index (χ3v) is 3.50. The van der Waals surface area contributed by atoms with E-state index in [0.717, 1.165) is 5.56 Å². The fraction of sp³-hybridized carbons (Fsp3) is 0.400. The topological polar surface area (TPSA) is 43.1 Å². The Morgan fingerprint density at radius 2 is 1.81 bits per heavy atom. The Kier molecular flexibility index (Phi) is 4.09. The molecule has 0 aliphatic heterocycles. The molecule has 0 fully saturated rings. The van der Waals surface area contributed by atoms with E-state index >= 15 is 0 Å². The Labute approximate surface area is 94.1 Å². The molecule has 90 valence electrons. The summed E-state index contributed by atoms with van der Waals surface area (Å²) in [5.41, 5.74) is 5.86. The van der Waals surface area contributed by atoms with Crippen molar-refractivity contribution >= 4 is 10.8 Å². The minimum Gasteiger partial charge on any atom is -0.319 e. The molecule has 2 atom stereocenters. The highest BCUT2D eigenvalue weighted by Crippen LogP contribution is 2.20. The van der Waals surface area contributed by atoms with E-state index in [2.05, 4.69) is 0 Å². The van der Waals surface area contributed by atoms with Gasteiger partial charge in [0.2, 0.25) is 0 Å². The zero-order valence-electron chi connectivity index (χ0n) is 8.62. The van der Waals surface area contributed by atoms with Crippen LogP contribution in [-0.2, 0) is 10.8 Å². The molecule has 0 spiro atoms. The van der Waals surface area contributed by atoms with E-state index < -0.39 is 28.8 Å². The number of alkyl halides is 3. The first-order chi connectivity index (χ1) is 7.30. The standard InChI is InChI=1S/C10H12F3NOS/c1-7-2-4-8(5-3-7)16(15)6-9(14)10(11,12)13/h2-5,9H,6,14H2,1H3/t9-,16?/m1/s1. The zero-order chi connectivity index (χ0) is 12.3. The number of halogens is 3. The van der Waals surface area contributed by atoms with E-state index in [1.54, 1.807) is 24.3 Å². The van der Waals surface area contributed by atoms with Crippen molar-refractivity contribution in [2.45, 2.75) is 24.0 Å². The Morgan fingerprint density at radius 1 is 1.31 bits per heavy atom. The smallest absolute Gasteiger partial charge is 0.319 e. The van der Waals surface area contributed by atoms with Gasteiger partial charge in [0, 0.05) is 4.90 Å². The first kappa shape index (κ1) is 13.2. The van der Waals surface area contributed by atoms with Crippen LogP contribution in [0.1, 0.15) is 5.56 Å². The molecule has 1 rings (SSSR count). The number of aryl methyl sites for hydroxylation is 1. The van der Waals surface area contributed by atoms with Crippen molar-refractivity contribution in [1.29, 1.82) is 0 Å². The van der Waals surface area contributed by atoms with Crippen LogP contribution in [-0.4, -0.2) is 22.2 Å². The second-order valence-electron chi connectivity index (χ2n) is 3.47. The molecule has 0 bridgehead atoms. The SMILES string of the molecule is Cc1ccc(S(=O)C[C@@H](N)C(F)(F)F)cc1. The zero-order valence-corrected chi connectivity index (χ0v) is 9.44. The quantitative estimate of drug-likeness (QED) is 0.892. The summed E-state index contributed by atoms with van der Waals surface area (Å²) >= 11 is 0. The van der Waals surface area contributed by atoms with Crippen molar-refractivity contribution in [1.82, 2.24) is 0 Å². The summed E-state index contributed by atoms with van der Waals surface area (Å²) in [5, 5.41) is 0. The Balaban J connectivity index is 2.70. The Hall–Kier alpha value is -0.880. The number of rotatable bonds is 3. The molecule has 0 radical (unpaired) electrons. The van der Waals surface area contributed by atoms with Crippen molar-refractivity contribution in [2.24, 2.45) is 5.73 Å². The van der Waals surface area contributed by atoms with Gasteiger partial charge in [-0.25, -0.2) is 0 Å². The summed E-state index contributed by atoms with van der Waals surface area (Å²) in [6.45, 7) is 1.84. The summed E-state index contributed by atoms with van der Waals surface area (Å²) in [6, 6.07) is 4.46. The van der Waals surface area contributed by atoms with Gasteiger partial charge in [-0.05, 0) is 19.1 Å². The van der Waals surface area contributed by atoms with Gasteiger partial charge in [0.05, 0.1) is 16.6 Å². The maximum absolute atomic E-state index is 12.1. The lowest BCUT2D eigenvalue weighted by molar-refractivity contribution is -0.142. The van der Waals surface area contributed by atoms with Gasteiger partial charge >= 0.3 is 6.18 Å². The molecular weight excluding hydrogens is 239 g/mol. The molecule has 0 saturated carbocycles. The predicted molar refractivity (Wildman–Crippen MR) is 56.5 cm³/mol. The fourth-order valence-electron chi connectivity index (χ4n) is 1.04. The molecule has 0 aromatic heterocycles. The summed E-state index contributed by atoms with van der Waals surface area (Å²) in [6.07, 6.45) is -4.50. The van der Waals surface area contributed by atoms with E-state index in [1.165, 1.54) is 0 Å². The molecule has 16 heavy (non-hydrogen) atoms. The maximum Gasteiger partial charge on any atom is 0.404 e. The lowest BCUT2D eigenvalue weighted by Gasteiger charge is -2.14. The average Bonchev–Trinajstić information content (AvgIpc) is 2.17. The van der Waals surface area contributed by atoms with Gasteiger partial charge in [0.25, 0.3) is 0 Å². The summed E-state index contributed by atoms with van der Waals surface area (Å²) in [7, 11) is -1.71. The number of nitrogens with two attached hydrogens (primary N) is 1. The normalized spacial score (nSPS) is 15.8. The van der Waals surface area contributed by atoms with Crippen LogP contribution in [0.4, 0.5) is 13.2 Å². The molecular formula is C10H12F3NOS. The van der Waals surface area contributed by atoms with Gasteiger partial charge in [-0.1, -0.05) is 17.7 Å². The third-order valence-electron chi connectivity index (χ3n) is 2.04. The Morgan fingerprint density at radius 3 is 2.25 bits per heavy atom. The summed E-state index contributed by atoms with van der Waals surface area (Å²) in [4.78, 5) is 0.366. The first-order valence-electron chi connectivity index (χ1n) is 4.58. The predicted octanol–water partition coefficient (Wildman–Crippen LogP) is 1.99. The van der Waals surface area contributed by atoms with Crippen LogP contribution in [0.15, 0.2) is 29.2 Å². The maximum atomic E-state index is 12.1. The summed E-state index contributed by atoms with van der Waals surface area (Å²) < 4.78 is 47.9. The molecule has 1 unspecified atom stereocenters. The summed E-state index contributed by atoms with van der Waals surface area (Å²) in [5.74, 6) is -0.605. The fourth-order valence-corrected chi connectivity index (χ4v) is 2.19. The molecule has 0 aliphatic rings. The number of hydrogen-bond acceptors (Lipinski definition) is 2. The highest BCUT2D eigenvalue weighted by atomic mass is 32.2. The monoisotopic (exact) mass is 251 g/mol. The van der Waals surface area contributed by atoms with Crippen molar-refractivity contribution in [3.05, 3.63) is 29.8 Å². The van der Waals surface area contributed by atoms with Gasteiger partial charge in [-0.3, -0.25) is 4.21 Å². The van der Waals surface area contributed by atoms with Crippen LogP contribution < -0.4 is 5.73 Å². The van der Waals surface area contributed by atoms with Crippen LogP contribution in [0.25, 0.3) is 0 Å². The van der Waals surface area contributed by atoms with Gasteiger partial charge in [0.15, 0.2) is 0 Å². The minimum atomic E-state index is -4.50. The molecule has 0 saturated heterocycles. The van der Waals surface area contributed by atoms with Gasteiger partial charge in [-0.15, -0.1) is 0 Å². The van der Waals surface area contributed by atoms with E-state index in [1.807, 2.05) is 6.92 Å². The minimum absolute atomic E-state index is 0.366. The average molecular weight is 251 g/mol.